The Balaban J connectivity index is 1.95. The van der Waals surface area contributed by atoms with Gasteiger partial charge in [-0.3, -0.25) is 0 Å². The molecule has 0 fully saturated rings. The number of ether oxygens (including phenoxy) is 2. The lowest BCUT2D eigenvalue weighted by Crippen LogP contribution is -2.50. The summed E-state index contributed by atoms with van der Waals surface area (Å²) in [7, 11) is 0. The van der Waals surface area contributed by atoms with Crippen LogP contribution in [0.1, 0.15) is 11.1 Å². The topological polar surface area (TPSA) is 41.9 Å². The first-order valence-corrected chi connectivity index (χ1v) is 11.7. The van der Waals surface area contributed by atoms with Gasteiger partial charge >= 0.3 is 30.6 Å². The predicted octanol–water partition coefficient (Wildman–Crippen LogP) is 8.60. The first-order chi connectivity index (χ1) is 19.6. The van der Waals surface area contributed by atoms with Crippen LogP contribution in [0.25, 0.3) is 0 Å². The maximum absolute atomic E-state index is 14.3. The van der Waals surface area contributed by atoms with E-state index in [-0.39, 0.29) is 29.3 Å². The molecule has 0 aliphatic heterocycles. The first kappa shape index (κ1) is 33.6. The van der Waals surface area contributed by atoms with E-state index in [4.69, 9.17) is 4.74 Å². The predicted molar refractivity (Wildman–Crippen MR) is 124 cm³/mol. The fraction of sp³-hybridized carbons (Fsp3) is 0.308. The molecule has 0 saturated heterocycles. The molecule has 1 atom stereocenters. The van der Waals surface area contributed by atoms with Crippen LogP contribution in [0.2, 0.25) is 0 Å². The second kappa shape index (κ2) is 12.0. The number of halogens is 13. The average Bonchev–Trinajstić information content (AvgIpc) is 2.86. The van der Waals surface area contributed by atoms with Gasteiger partial charge in [-0.05, 0) is 35.9 Å². The third kappa shape index (κ3) is 8.36. The molecule has 0 heterocycles. The van der Waals surface area contributed by atoms with Crippen LogP contribution in [-0.2, 0) is 12.5 Å². The molecule has 236 valence electrons. The van der Waals surface area contributed by atoms with Crippen LogP contribution in [0, 0.1) is 0 Å². The van der Waals surface area contributed by atoms with Crippen LogP contribution < -0.4 is 14.4 Å². The number of hydrogen-bond donors (Lipinski definition) is 1. The summed E-state index contributed by atoms with van der Waals surface area (Å²) in [5, 5.41) is 9.66. The van der Waals surface area contributed by atoms with Gasteiger partial charge in [-0.2, -0.15) is 43.9 Å². The van der Waals surface area contributed by atoms with E-state index in [1.54, 1.807) is 0 Å². The fourth-order valence-electron chi connectivity index (χ4n) is 3.63. The summed E-state index contributed by atoms with van der Waals surface area (Å²) in [6.45, 7) is -2.08. The summed E-state index contributed by atoms with van der Waals surface area (Å²) >= 11 is 0. The largest absolute Gasteiger partial charge is 0.573 e. The van der Waals surface area contributed by atoms with Crippen molar-refractivity contribution in [2.45, 2.75) is 43.2 Å². The quantitative estimate of drug-likeness (QED) is 0.226. The molecule has 0 saturated carbocycles. The summed E-state index contributed by atoms with van der Waals surface area (Å²) in [6, 6.07) is 11.0. The lowest BCUT2D eigenvalue weighted by molar-refractivity contribution is -0.359. The van der Waals surface area contributed by atoms with Gasteiger partial charge in [-0.1, -0.05) is 30.3 Å². The molecule has 43 heavy (non-hydrogen) atoms. The molecule has 1 N–H and O–H groups in total. The third-order valence-corrected chi connectivity index (χ3v) is 5.64. The maximum atomic E-state index is 14.3. The summed E-state index contributed by atoms with van der Waals surface area (Å²) in [4.78, 5) is 0.743. The Kier molecular flexibility index (Phi) is 9.39. The van der Waals surface area contributed by atoms with Crippen LogP contribution in [0.3, 0.4) is 0 Å². The molecule has 17 heteroatoms. The van der Waals surface area contributed by atoms with Gasteiger partial charge in [-0.25, -0.2) is 0 Å². The number of alkyl halides is 13. The second-order valence-electron chi connectivity index (χ2n) is 8.91. The zero-order chi connectivity index (χ0) is 32.4. The Morgan fingerprint density at radius 3 is 1.81 bits per heavy atom. The van der Waals surface area contributed by atoms with Gasteiger partial charge in [0.15, 0.2) is 6.10 Å². The van der Waals surface area contributed by atoms with Gasteiger partial charge in [0.25, 0.3) is 0 Å². The van der Waals surface area contributed by atoms with Gasteiger partial charge in [0.2, 0.25) is 0 Å². The minimum atomic E-state index is -6.63. The number of rotatable bonds is 10. The van der Waals surface area contributed by atoms with Crippen LogP contribution in [0.5, 0.6) is 17.2 Å². The van der Waals surface area contributed by atoms with E-state index in [0.29, 0.717) is 6.07 Å². The number of aliphatic hydroxyl groups excluding tert-OH is 1. The molecule has 0 bridgehead atoms. The van der Waals surface area contributed by atoms with Crippen molar-refractivity contribution in [3.05, 3.63) is 83.9 Å². The summed E-state index contributed by atoms with van der Waals surface area (Å²) < 4.78 is 180. The van der Waals surface area contributed by atoms with Gasteiger partial charge < -0.3 is 19.5 Å². The lowest BCUT2D eigenvalue weighted by atomic mass is 9.99. The highest BCUT2D eigenvalue weighted by molar-refractivity contribution is 5.52. The van der Waals surface area contributed by atoms with Crippen molar-refractivity contribution >= 4 is 5.69 Å². The minimum absolute atomic E-state index is 0.168. The molecule has 0 aliphatic carbocycles. The number of nitrogens with zero attached hydrogens (tertiary/aromatic N) is 1. The molecule has 3 aromatic rings. The molecule has 4 nitrogen and oxygen atoms in total. The molecule has 0 spiro atoms. The fourth-order valence-corrected chi connectivity index (χ4v) is 3.63. The Morgan fingerprint density at radius 1 is 0.674 bits per heavy atom. The van der Waals surface area contributed by atoms with E-state index in [1.165, 1.54) is 18.2 Å². The van der Waals surface area contributed by atoms with Gasteiger partial charge in [0.05, 0.1) is 6.54 Å². The van der Waals surface area contributed by atoms with Gasteiger partial charge in [0, 0.05) is 29.9 Å². The summed E-state index contributed by atoms with van der Waals surface area (Å²) in [6.07, 6.45) is -19.9. The Bertz CT molecular complexity index is 1390. The Labute approximate surface area is 233 Å². The van der Waals surface area contributed by atoms with Crippen molar-refractivity contribution in [3.63, 3.8) is 0 Å². The minimum Gasteiger partial charge on any atom is -0.457 e. The van der Waals surface area contributed by atoms with Crippen molar-refractivity contribution < 1.29 is 71.7 Å². The smallest absolute Gasteiger partial charge is 0.457 e. The highest BCUT2D eigenvalue weighted by atomic mass is 19.4. The molecule has 3 rings (SSSR count). The zero-order valence-corrected chi connectivity index (χ0v) is 21.0. The summed E-state index contributed by atoms with van der Waals surface area (Å²) in [5.41, 5.74) is -2.41. The average molecular weight is 639 g/mol. The monoisotopic (exact) mass is 639 g/mol. The van der Waals surface area contributed by atoms with E-state index in [2.05, 4.69) is 4.74 Å². The molecular formula is C26H18F13NO3. The second-order valence-corrected chi connectivity index (χ2v) is 8.91. The zero-order valence-electron chi connectivity index (χ0n) is 21.0. The lowest BCUT2D eigenvalue weighted by Gasteiger charge is -2.30. The number of aliphatic hydroxyl groups is 1. The van der Waals surface area contributed by atoms with Crippen LogP contribution >= 0.6 is 0 Å². The first-order valence-electron chi connectivity index (χ1n) is 11.7. The summed E-state index contributed by atoms with van der Waals surface area (Å²) in [5.74, 6) is -13.3. The van der Waals surface area contributed by atoms with Gasteiger partial charge in [-0.15, -0.1) is 13.2 Å². The van der Waals surface area contributed by atoms with Crippen LogP contribution in [0.4, 0.5) is 62.8 Å². The van der Waals surface area contributed by atoms with Crippen molar-refractivity contribution in [1.82, 2.24) is 0 Å². The number of hydrogen-bond acceptors (Lipinski definition) is 4. The van der Waals surface area contributed by atoms with E-state index in [1.807, 2.05) is 0 Å². The van der Waals surface area contributed by atoms with Crippen LogP contribution in [0.15, 0.2) is 72.8 Å². The van der Waals surface area contributed by atoms with Crippen molar-refractivity contribution in [2.75, 3.05) is 11.4 Å². The standard InChI is InChI=1S/C26H18F13NO3/c27-22(28,24(32,33)25(34,35)36)16-5-1-4-15(10-16)13-40(14-21(41)23(29,30)31)17-6-2-7-18(11-17)42-19-8-3-9-20(12-19)43-26(37,38)39/h1-12,21,41H,13-14H2. The highest BCUT2D eigenvalue weighted by Gasteiger charge is 2.73. The van der Waals surface area contributed by atoms with Gasteiger partial charge in [0.1, 0.15) is 17.2 Å². The Morgan fingerprint density at radius 2 is 1.23 bits per heavy atom. The maximum Gasteiger partial charge on any atom is 0.573 e. The molecule has 0 amide bonds. The van der Waals surface area contributed by atoms with E-state index < -0.39 is 66.6 Å². The molecule has 3 aromatic carbocycles. The molecule has 0 radical (unpaired) electrons. The third-order valence-electron chi connectivity index (χ3n) is 5.64. The van der Waals surface area contributed by atoms with E-state index >= 15 is 0 Å². The van der Waals surface area contributed by atoms with Crippen LogP contribution in [-0.4, -0.2) is 42.4 Å². The van der Waals surface area contributed by atoms with E-state index in [9.17, 15) is 62.2 Å². The molecule has 0 aromatic heterocycles. The molecule has 1 unspecified atom stereocenters. The SMILES string of the molecule is OC(CN(Cc1cccc(C(F)(F)C(F)(F)C(F)(F)F)c1)c1cccc(Oc2cccc(OC(F)(F)F)c2)c1)C(F)(F)F. The van der Waals surface area contributed by atoms with Crippen molar-refractivity contribution in [2.24, 2.45) is 0 Å². The number of benzene rings is 3. The van der Waals surface area contributed by atoms with E-state index in [0.717, 1.165) is 41.3 Å². The molecular weight excluding hydrogens is 621 g/mol. The number of anilines is 1. The normalized spacial score (nSPS) is 13.9. The molecule has 0 aliphatic rings. The van der Waals surface area contributed by atoms with Crippen molar-refractivity contribution in [3.8, 4) is 17.2 Å². The van der Waals surface area contributed by atoms with Crippen molar-refractivity contribution in [1.29, 1.82) is 0 Å². The Hall–Kier alpha value is -3.89. The highest BCUT2D eigenvalue weighted by Crippen LogP contribution is 2.51.